The van der Waals surface area contributed by atoms with Crippen molar-refractivity contribution in [1.82, 2.24) is 4.98 Å². The second kappa shape index (κ2) is 5.55. The second-order valence-electron chi connectivity index (χ2n) is 4.96. The van der Waals surface area contributed by atoms with E-state index < -0.39 is 0 Å². The molecule has 3 heteroatoms. The van der Waals surface area contributed by atoms with Crippen LogP contribution in [-0.4, -0.2) is 11.5 Å². The lowest BCUT2D eigenvalue weighted by molar-refractivity contribution is 0.620. The van der Waals surface area contributed by atoms with E-state index >= 15 is 0 Å². The number of nitrogens with zero attached hydrogens (tertiary/aromatic N) is 1. The van der Waals surface area contributed by atoms with Gasteiger partial charge in [0, 0.05) is 29.4 Å². The monoisotopic (exact) mass is 260 g/mol. The number of pyridine rings is 1. The number of aromatic nitrogens is 1. The number of nitrogens with one attached hydrogen (secondary N) is 1. The topological polar surface area (TPSA) is 24.9 Å². The first-order valence-corrected chi connectivity index (χ1v) is 6.91. The van der Waals surface area contributed by atoms with E-state index in [0.717, 1.165) is 41.7 Å². The van der Waals surface area contributed by atoms with Gasteiger partial charge in [0.1, 0.15) is 5.82 Å². The number of hydrogen-bond donors (Lipinski definition) is 1. The van der Waals surface area contributed by atoms with Gasteiger partial charge in [0.05, 0.1) is 5.52 Å². The van der Waals surface area contributed by atoms with E-state index in [1.54, 1.807) is 13.0 Å². The van der Waals surface area contributed by atoms with Gasteiger partial charge in [0.2, 0.25) is 0 Å². The van der Waals surface area contributed by atoms with Crippen molar-refractivity contribution in [3.05, 3.63) is 34.8 Å². The standard InChI is InChI=1S/C16H21FN2/c1-5-7-18-16-11(4)14(6-2)19-15-9-13(17)10(3)8-12(15)16/h8-9H,5-7H2,1-4H3,(H,18,19). The Labute approximate surface area is 114 Å². The molecule has 0 spiro atoms. The molecule has 0 fully saturated rings. The minimum Gasteiger partial charge on any atom is -0.384 e. The molecule has 2 rings (SSSR count). The number of halogens is 1. The summed E-state index contributed by atoms with van der Waals surface area (Å²) < 4.78 is 13.7. The Kier molecular flexibility index (Phi) is 4.03. The van der Waals surface area contributed by atoms with Crippen LogP contribution >= 0.6 is 0 Å². The summed E-state index contributed by atoms with van der Waals surface area (Å²) in [6.45, 7) is 9.01. The minimum absolute atomic E-state index is 0.188. The molecule has 0 bridgehead atoms. The third-order valence-corrected chi connectivity index (χ3v) is 3.50. The minimum atomic E-state index is -0.188. The van der Waals surface area contributed by atoms with Crippen molar-refractivity contribution >= 4 is 16.6 Å². The van der Waals surface area contributed by atoms with Gasteiger partial charge in [-0.15, -0.1) is 0 Å². The molecule has 0 unspecified atom stereocenters. The predicted molar refractivity (Wildman–Crippen MR) is 79.3 cm³/mol. The van der Waals surface area contributed by atoms with Gasteiger partial charge in [-0.25, -0.2) is 4.39 Å². The van der Waals surface area contributed by atoms with Gasteiger partial charge in [0.15, 0.2) is 0 Å². The summed E-state index contributed by atoms with van der Waals surface area (Å²) in [6.07, 6.45) is 1.92. The molecule has 1 heterocycles. The Morgan fingerprint density at radius 1 is 1.21 bits per heavy atom. The van der Waals surface area contributed by atoms with Crippen LogP contribution in [0.5, 0.6) is 0 Å². The lowest BCUT2D eigenvalue weighted by Crippen LogP contribution is -2.06. The highest BCUT2D eigenvalue weighted by atomic mass is 19.1. The highest BCUT2D eigenvalue weighted by Gasteiger charge is 2.12. The number of rotatable bonds is 4. The molecule has 2 aromatic rings. The summed E-state index contributed by atoms with van der Waals surface area (Å²) in [4.78, 5) is 4.58. The highest BCUT2D eigenvalue weighted by Crippen LogP contribution is 2.30. The Hall–Kier alpha value is -1.64. The molecular weight excluding hydrogens is 239 g/mol. The fourth-order valence-electron chi connectivity index (χ4n) is 2.36. The first-order chi connectivity index (χ1) is 9.08. The van der Waals surface area contributed by atoms with Crippen molar-refractivity contribution in [2.24, 2.45) is 0 Å². The van der Waals surface area contributed by atoms with Crippen molar-refractivity contribution < 1.29 is 4.39 Å². The summed E-state index contributed by atoms with van der Waals surface area (Å²) in [7, 11) is 0. The summed E-state index contributed by atoms with van der Waals surface area (Å²) in [5.41, 5.74) is 4.72. The molecule has 0 aliphatic carbocycles. The third-order valence-electron chi connectivity index (χ3n) is 3.50. The van der Waals surface area contributed by atoms with E-state index in [-0.39, 0.29) is 5.82 Å². The molecule has 0 saturated carbocycles. The average Bonchev–Trinajstić information content (AvgIpc) is 2.39. The molecule has 1 aromatic heterocycles. The van der Waals surface area contributed by atoms with Crippen LogP contribution in [-0.2, 0) is 6.42 Å². The molecule has 0 atom stereocenters. The van der Waals surface area contributed by atoms with Crippen LogP contribution in [0.1, 0.15) is 37.1 Å². The number of benzene rings is 1. The smallest absolute Gasteiger partial charge is 0.128 e. The lowest BCUT2D eigenvalue weighted by Gasteiger charge is -2.16. The van der Waals surface area contributed by atoms with E-state index in [2.05, 4.69) is 31.1 Å². The first-order valence-electron chi connectivity index (χ1n) is 6.91. The van der Waals surface area contributed by atoms with E-state index in [4.69, 9.17) is 0 Å². The SMILES string of the molecule is CCCNc1c(C)c(CC)nc2cc(F)c(C)cc12. The van der Waals surface area contributed by atoms with Gasteiger partial charge in [-0.2, -0.15) is 0 Å². The first kappa shape index (κ1) is 13.8. The van der Waals surface area contributed by atoms with Crippen molar-refractivity contribution in [2.45, 2.75) is 40.5 Å². The van der Waals surface area contributed by atoms with Crippen molar-refractivity contribution in [1.29, 1.82) is 0 Å². The molecular formula is C16H21FN2. The van der Waals surface area contributed by atoms with Crippen LogP contribution in [0.2, 0.25) is 0 Å². The lowest BCUT2D eigenvalue weighted by atomic mass is 10.0. The van der Waals surface area contributed by atoms with Crippen LogP contribution in [0, 0.1) is 19.7 Å². The van der Waals surface area contributed by atoms with Crippen molar-refractivity contribution in [3.8, 4) is 0 Å². The maximum absolute atomic E-state index is 13.7. The van der Waals surface area contributed by atoms with E-state index in [9.17, 15) is 4.39 Å². The molecule has 0 radical (unpaired) electrons. The molecule has 1 aromatic carbocycles. The van der Waals surface area contributed by atoms with E-state index in [1.807, 2.05) is 6.07 Å². The van der Waals surface area contributed by atoms with Gasteiger partial charge in [-0.3, -0.25) is 4.98 Å². The summed E-state index contributed by atoms with van der Waals surface area (Å²) >= 11 is 0. The fourth-order valence-corrected chi connectivity index (χ4v) is 2.36. The van der Waals surface area contributed by atoms with Gasteiger partial charge in [0.25, 0.3) is 0 Å². The number of fused-ring (bicyclic) bond motifs is 1. The van der Waals surface area contributed by atoms with Crippen molar-refractivity contribution in [2.75, 3.05) is 11.9 Å². The molecule has 19 heavy (non-hydrogen) atoms. The molecule has 0 aliphatic rings. The Morgan fingerprint density at radius 3 is 2.58 bits per heavy atom. The molecule has 2 nitrogen and oxygen atoms in total. The zero-order valence-corrected chi connectivity index (χ0v) is 12.1. The fraction of sp³-hybridized carbons (Fsp3) is 0.438. The largest absolute Gasteiger partial charge is 0.384 e. The van der Waals surface area contributed by atoms with Crippen LogP contribution < -0.4 is 5.32 Å². The van der Waals surface area contributed by atoms with Crippen LogP contribution in [0.4, 0.5) is 10.1 Å². The second-order valence-corrected chi connectivity index (χ2v) is 4.96. The number of aryl methyl sites for hydroxylation is 2. The number of hydrogen-bond acceptors (Lipinski definition) is 2. The normalized spacial score (nSPS) is 11.0. The van der Waals surface area contributed by atoms with Gasteiger partial charge in [-0.05, 0) is 43.9 Å². The Bertz CT molecular complexity index is 605. The maximum atomic E-state index is 13.7. The summed E-state index contributed by atoms with van der Waals surface area (Å²) in [5, 5.41) is 4.48. The summed E-state index contributed by atoms with van der Waals surface area (Å²) in [5.74, 6) is -0.188. The van der Waals surface area contributed by atoms with Crippen molar-refractivity contribution in [3.63, 3.8) is 0 Å². The quantitative estimate of drug-likeness (QED) is 0.882. The van der Waals surface area contributed by atoms with Gasteiger partial charge < -0.3 is 5.32 Å². The zero-order chi connectivity index (χ0) is 14.0. The molecule has 0 saturated heterocycles. The highest BCUT2D eigenvalue weighted by molar-refractivity contribution is 5.94. The predicted octanol–water partition coefficient (Wildman–Crippen LogP) is 4.38. The van der Waals surface area contributed by atoms with Crippen LogP contribution in [0.3, 0.4) is 0 Å². The zero-order valence-electron chi connectivity index (χ0n) is 12.1. The summed E-state index contributed by atoms with van der Waals surface area (Å²) in [6, 6.07) is 3.43. The van der Waals surface area contributed by atoms with Gasteiger partial charge in [-0.1, -0.05) is 13.8 Å². The molecule has 102 valence electrons. The molecule has 0 amide bonds. The van der Waals surface area contributed by atoms with Crippen LogP contribution in [0.15, 0.2) is 12.1 Å². The Morgan fingerprint density at radius 2 is 1.95 bits per heavy atom. The third kappa shape index (κ3) is 2.55. The number of anilines is 1. The van der Waals surface area contributed by atoms with E-state index in [1.165, 1.54) is 5.56 Å². The average molecular weight is 260 g/mol. The molecule has 1 N–H and O–H groups in total. The molecule has 0 aliphatic heterocycles. The van der Waals surface area contributed by atoms with Crippen LogP contribution in [0.25, 0.3) is 10.9 Å². The van der Waals surface area contributed by atoms with E-state index in [0.29, 0.717) is 5.56 Å². The van der Waals surface area contributed by atoms with Gasteiger partial charge >= 0.3 is 0 Å². The maximum Gasteiger partial charge on any atom is 0.128 e. The Balaban J connectivity index is 2.71.